The lowest BCUT2D eigenvalue weighted by Crippen LogP contribution is -2.82. The molecule has 4 heteroatoms. The van der Waals surface area contributed by atoms with Gasteiger partial charge in [-0.3, -0.25) is 4.79 Å². The molecule has 0 spiro atoms. The molecule has 3 nitrogen and oxygen atoms in total. The van der Waals surface area contributed by atoms with Crippen molar-refractivity contribution in [2.45, 2.75) is 38.8 Å². The van der Waals surface area contributed by atoms with E-state index >= 15 is 0 Å². The molecule has 0 radical (unpaired) electrons. The van der Waals surface area contributed by atoms with Crippen LogP contribution < -0.4 is 0 Å². The van der Waals surface area contributed by atoms with E-state index in [4.69, 9.17) is 11.6 Å². The summed E-state index contributed by atoms with van der Waals surface area (Å²) in [6.07, 6.45) is 0. The molecule has 1 saturated heterocycles. The second-order valence-corrected chi connectivity index (χ2v) is 6.84. The van der Waals surface area contributed by atoms with Crippen LogP contribution in [0, 0.1) is 5.41 Å². The molecule has 2 rings (SSSR count). The molecule has 1 amide bonds. The first-order valence-electron chi connectivity index (χ1n) is 6.33. The van der Waals surface area contributed by atoms with Crippen molar-refractivity contribution in [2.75, 3.05) is 7.05 Å². The summed E-state index contributed by atoms with van der Waals surface area (Å²) in [7, 11) is 1.71. The summed E-state index contributed by atoms with van der Waals surface area (Å²) in [5.41, 5.74) is -1.92. The number of carbonyl (C=O) groups excluding carboxylic acids is 1. The summed E-state index contributed by atoms with van der Waals surface area (Å²) in [6.45, 7) is 7.51. The third kappa shape index (κ3) is 1.58. The van der Waals surface area contributed by atoms with Gasteiger partial charge in [0.1, 0.15) is 5.54 Å². The lowest BCUT2D eigenvalue weighted by Gasteiger charge is -2.64. The number of likely N-dealkylation sites (N-methyl/N-ethyl adjacent to an activating group) is 1. The number of hydrogen-bond donors (Lipinski definition) is 1. The molecule has 1 fully saturated rings. The van der Waals surface area contributed by atoms with Crippen molar-refractivity contribution in [3.8, 4) is 0 Å². The first-order chi connectivity index (χ1) is 8.56. The molecule has 1 aromatic carbocycles. The van der Waals surface area contributed by atoms with Crippen LogP contribution in [-0.4, -0.2) is 28.6 Å². The molecule has 1 aliphatic rings. The third-order valence-corrected chi connectivity index (χ3v) is 4.70. The van der Waals surface area contributed by atoms with Crippen molar-refractivity contribution in [3.63, 3.8) is 0 Å². The van der Waals surface area contributed by atoms with Crippen LogP contribution in [0.2, 0.25) is 5.02 Å². The number of benzene rings is 1. The number of rotatable bonds is 1. The van der Waals surface area contributed by atoms with Crippen LogP contribution in [0.3, 0.4) is 0 Å². The average molecular weight is 282 g/mol. The van der Waals surface area contributed by atoms with Crippen LogP contribution >= 0.6 is 11.6 Å². The van der Waals surface area contributed by atoms with Crippen LogP contribution in [0.1, 0.15) is 33.3 Å². The Morgan fingerprint density at radius 1 is 1.32 bits per heavy atom. The van der Waals surface area contributed by atoms with Gasteiger partial charge in [-0.15, -0.1) is 0 Å². The van der Waals surface area contributed by atoms with Gasteiger partial charge in [-0.05, 0) is 24.6 Å². The maximum Gasteiger partial charge on any atom is 0.258 e. The summed E-state index contributed by atoms with van der Waals surface area (Å²) in [6, 6.07) is 7.32. The second-order valence-electron chi connectivity index (χ2n) is 6.41. The Hall–Kier alpha value is -1.06. The molecule has 0 saturated carbocycles. The summed E-state index contributed by atoms with van der Waals surface area (Å²) in [5.74, 6) is -0.248. The van der Waals surface area contributed by atoms with Gasteiger partial charge in [0.15, 0.2) is 5.60 Å². The van der Waals surface area contributed by atoms with Crippen molar-refractivity contribution in [1.29, 1.82) is 0 Å². The standard InChI is InChI=1S/C15H20ClNO2/c1-13(2,3)15(19)12(18)17(5)14(15,4)10-7-6-8-11(16)9-10/h6-9,19H,1-5H3/t14-,15?/m1/s1. The van der Waals surface area contributed by atoms with E-state index in [-0.39, 0.29) is 5.91 Å². The highest BCUT2D eigenvalue weighted by Gasteiger charge is 2.72. The molecule has 0 aliphatic carbocycles. The van der Waals surface area contributed by atoms with E-state index in [2.05, 4.69) is 0 Å². The summed E-state index contributed by atoms with van der Waals surface area (Å²) in [5, 5.41) is 11.6. The van der Waals surface area contributed by atoms with Crippen LogP contribution in [0.5, 0.6) is 0 Å². The predicted octanol–water partition coefficient (Wildman–Crippen LogP) is 2.80. The van der Waals surface area contributed by atoms with Crippen LogP contribution in [0.15, 0.2) is 24.3 Å². The van der Waals surface area contributed by atoms with Gasteiger partial charge in [0.2, 0.25) is 0 Å². The highest BCUT2D eigenvalue weighted by molar-refractivity contribution is 6.30. The van der Waals surface area contributed by atoms with Crippen molar-refractivity contribution >= 4 is 17.5 Å². The largest absolute Gasteiger partial charge is 0.377 e. The molecule has 1 N–H and O–H groups in total. The lowest BCUT2D eigenvalue weighted by molar-refractivity contribution is -0.241. The monoisotopic (exact) mass is 281 g/mol. The number of β-lactam (4-membered cyclic amide) rings is 1. The zero-order valence-corrected chi connectivity index (χ0v) is 12.7. The Balaban J connectivity index is 2.62. The fourth-order valence-corrected chi connectivity index (χ4v) is 3.28. The maximum absolute atomic E-state index is 12.2. The Morgan fingerprint density at radius 3 is 2.37 bits per heavy atom. The third-order valence-electron chi connectivity index (χ3n) is 4.46. The van der Waals surface area contributed by atoms with E-state index in [1.165, 1.54) is 0 Å². The summed E-state index contributed by atoms with van der Waals surface area (Å²) < 4.78 is 0. The summed E-state index contributed by atoms with van der Waals surface area (Å²) >= 11 is 6.04. The van der Waals surface area contributed by atoms with E-state index in [1.54, 1.807) is 24.1 Å². The van der Waals surface area contributed by atoms with E-state index in [0.717, 1.165) is 5.56 Å². The van der Waals surface area contributed by atoms with Gasteiger partial charge in [0.25, 0.3) is 5.91 Å². The highest BCUT2D eigenvalue weighted by Crippen LogP contribution is 2.56. The SMILES string of the molecule is CN1C(=O)C(O)(C(C)(C)C)[C@@]1(C)c1cccc(Cl)c1. The Morgan fingerprint density at radius 2 is 1.89 bits per heavy atom. The lowest BCUT2D eigenvalue weighted by atomic mass is 9.56. The fraction of sp³-hybridized carbons (Fsp3) is 0.533. The zero-order chi connectivity index (χ0) is 14.6. The first-order valence-corrected chi connectivity index (χ1v) is 6.71. The van der Waals surface area contributed by atoms with Gasteiger partial charge in [0, 0.05) is 17.5 Å². The van der Waals surface area contributed by atoms with Crippen molar-refractivity contribution in [1.82, 2.24) is 4.90 Å². The molecule has 2 atom stereocenters. The molecule has 0 bridgehead atoms. The topological polar surface area (TPSA) is 40.5 Å². The maximum atomic E-state index is 12.2. The molecular weight excluding hydrogens is 262 g/mol. The van der Waals surface area contributed by atoms with Gasteiger partial charge >= 0.3 is 0 Å². The van der Waals surface area contributed by atoms with E-state index in [9.17, 15) is 9.90 Å². The van der Waals surface area contributed by atoms with Gasteiger partial charge in [0.05, 0.1) is 0 Å². The van der Waals surface area contributed by atoms with Gasteiger partial charge < -0.3 is 10.0 Å². The quantitative estimate of drug-likeness (QED) is 0.804. The second kappa shape index (κ2) is 3.97. The van der Waals surface area contributed by atoms with Gasteiger partial charge in [-0.25, -0.2) is 0 Å². The van der Waals surface area contributed by atoms with Crippen LogP contribution in [0.4, 0.5) is 0 Å². The fourth-order valence-electron chi connectivity index (χ4n) is 3.09. The number of amides is 1. The number of nitrogens with zero attached hydrogens (tertiary/aromatic N) is 1. The normalized spacial score (nSPS) is 31.3. The smallest absolute Gasteiger partial charge is 0.258 e. The minimum Gasteiger partial charge on any atom is -0.377 e. The minimum absolute atomic E-state index is 0.248. The number of halogens is 1. The number of carbonyl (C=O) groups is 1. The Labute approximate surface area is 119 Å². The number of aliphatic hydroxyl groups is 1. The molecule has 104 valence electrons. The average Bonchev–Trinajstić information content (AvgIpc) is 2.34. The predicted molar refractivity (Wildman–Crippen MR) is 76.0 cm³/mol. The Bertz CT molecular complexity index is 537. The molecule has 0 aromatic heterocycles. The molecule has 1 heterocycles. The van der Waals surface area contributed by atoms with E-state index in [0.29, 0.717) is 5.02 Å². The molecular formula is C15H20ClNO2. The number of likely N-dealkylation sites (tertiary alicyclic amines) is 1. The van der Waals surface area contributed by atoms with Crippen molar-refractivity contribution in [2.24, 2.45) is 5.41 Å². The van der Waals surface area contributed by atoms with Gasteiger partial charge in [-0.2, -0.15) is 0 Å². The highest BCUT2D eigenvalue weighted by atomic mass is 35.5. The van der Waals surface area contributed by atoms with Crippen LogP contribution in [0.25, 0.3) is 0 Å². The number of hydrogen-bond acceptors (Lipinski definition) is 2. The molecule has 1 unspecified atom stereocenters. The Kier molecular flexibility index (Phi) is 3.00. The van der Waals surface area contributed by atoms with Gasteiger partial charge in [-0.1, -0.05) is 44.5 Å². The first kappa shape index (κ1) is 14.4. The molecule has 1 aromatic rings. The molecule has 1 aliphatic heterocycles. The van der Waals surface area contributed by atoms with Crippen LogP contribution in [-0.2, 0) is 10.3 Å². The van der Waals surface area contributed by atoms with E-state index < -0.39 is 16.6 Å². The summed E-state index contributed by atoms with van der Waals surface area (Å²) in [4.78, 5) is 13.8. The van der Waals surface area contributed by atoms with Crippen molar-refractivity contribution in [3.05, 3.63) is 34.9 Å². The molecule has 19 heavy (non-hydrogen) atoms. The zero-order valence-electron chi connectivity index (χ0n) is 12.0. The van der Waals surface area contributed by atoms with E-state index in [1.807, 2.05) is 39.8 Å². The minimum atomic E-state index is -1.43. The van der Waals surface area contributed by atoms with Crippen molar-refractivity contribution < 1.29 is 9.90 Å².